The van der Waals surface area contributed by atoms with Crippen molar-refractivity contribution in [2.45, 2.75) is 59.3 Å². The molecule has 1 aliphatic rings. The lowest BCUT2D eigenvalue weighted by Gasteiger charge is -2.26. The molecule has 0 aromatic carbocycles. The van der Waals surface area contributed by atoms with Crippen LogP contribution in [0, 0.1) is 11.3 Å². The predicted octanol–water partition coefficient (Wildman–Crippen LogP) is 2.69. The van der Waals surface area contributed by atoms with E-state index in [0.29, 0.717) is 18.6 Å². The van der Waals surface area contributed by atoms with Gasteiger partial charge in [0, 0.05) is 25.3 Å². The first kappa shape index (κ1) is 14.2. The lowest BCUT2D eigenvalue weighted by Crippen LogP contribution is -2.38. The van der Waals surface area contributed by atoms with Gasteiger partial charge in [-0.2, -0.15) is 0 Å². The molecule has 0 atom stereocenters. The quantitative estimate of drug-likeness (QED) is 0.801. The van der Waals surface area contributed by atoms with Gasteiger partial charge in [0.05, 0.1) is 0 Å². The second kappa shape index (κ2) is 6.18. The Balaban J connectivity index is 2.32. The molecule has 1 rings (SSSR count). The zero-order chi connectivity index (χ0) is 12.9. The van der Waals surface area contributed by atoms with Crippen molar-refractivity contribution in [2.24, 2.45) is 11.3 Å². The number of hydrogen-bond donors (Lipinski definition) is 1. The van der Waals surface area contributed by atoms with Gasteiger partial charge in [0.2, 0.25) is 5.91 Å². The number of hydrogen-bond acceptors (Lipinski definition) is 2. The van der Waals surface area contributed by atoms with Crippen molar-refractivity contribution in [3.63, 3.8) is 0 Å². The number of carbonyl (C=O) groups excluding carboxylic acids is 2. The fraction of sp³-hybridized carbons (Fsp3) is 0.857. The van der Waals surface area contributed by atoms with Gasteiger partial charge in [-0.05, 0) is 24.7 Å². The molecule has 0 radical (unpaired) electrons. The van der Waals surface area contributed by atoms with Crippen molar-refractivity contribution < 1.29 is 9.59 Å². The van der Waals surface area contributed by atoms with Gasteiger partial charge in [0.25, 0.3) is 0 Å². The van der Waals surface area contributed by atoms with E-state index in [1.54, 1.807) is 0 Å². The van der Waals surface area contributed by atoms with Gasteiger partial charge in [-0.15, -0.1) is 0 Å². The standard InChI is InChI=1S/C14H25NO2/c1-4-9-14(2,3)10-15-13(17)11-5-7-12(16)8-6-11/h11H,4-10H2,1-3H3,(H,15,17). The number of ketones is 1. The topological polar surface area (TPSA) is 46.2 Å². The Kier molecular flexibility index (Phi) is 5.16. The maximum absolute atomic E-state index is 11.9. The summed E-state index contributed by atoms with van der Waals surface area (Å²) in [5.41, 5.74) is 0.175. The van der Waals surface area contributed by atoms with Crippen molar-refractivity contribution in [2.75, 3.05) is 6.54 Å². The summed E-state index contributed by atoms with van der Waals surface area (Å²) >= 11 is 0. The van der Waals surface area contributed by atoms with Crippen LogP contribution >= 0.6 is 0 Å². The molecule has 0 heterocycles. The van der Waals surface area contributed by atoms with Gasteiger partial charge in [-0.25, -0.2) is 0 Å². The van der Waals surface area contributed by atoms with Crippen LogP contribution in [0.1, 0.15) is 59.3 Å². The summed E-state index contributed by atoms with van der Waals surface area (Å²) in [5, 5.41) is 3.04. The normalized spacial score (nSPS) is 18.2. The average molecular weight is 239 g/mol. The zero-order valence-electron chi connectivity index (χ0n) is 11.3. The molecule has 1 amide bonds. The molecule has 0 bridgehead atoms. The molecule has 1 N–H and O–H groups in total. The Bertz CT molecular complexity index is 274. The molecular formula is C14H25NO2. The Morgan fingerprint density at radius 1 is 1.35 bits per heavy atom. The fourth-order valence-corrected chi connectivity index (χ4v) is 2.44. The highest BCUT2D eigenvalue weighted by Gasteiger charge is 2.26. The van der Waals surface area contributed by atoms with Gasteiger partial charge >= 0.3 is 0 Å². The molecule has 0 spiro atoms. The summed E-state index contributed by atoms with van der Waals surface area (Å²) in [6, 6.07) is 0. The molecule has 0 aliphatic heterocycles. The molecule has 0 aromatic heterocycles. The van der Waals surface area contributed by atoms with E-state index in [2.05, 4.69) is 26.1 Å². The first-order valence-corrected chi connectivity index (χ1v) is 6.74. The largest absolute Gasteiger partial charge is 0.355 e. The van der Waals surface area contributed by atoms with Gasteiger partial charge < -0.3 is 5.32 Å². The second-order valence-corrected chi connectivity index (χ2v) is 5.94. The Morgan fingerprint density at radius 3 is 2.47 bits per heavy atom. The maximum Gasteiger partial charge on any atom is 0.223 e. The Morgan fingerprint density at radius 2 is 1.94 bits per heavy atom. The third-order valence-corrected chi connectivity index (χ3v) is 3.58. The van der Waals surface area contributed by atoms with Crippen LogP contribution in [0.15, 0.2) is 0 Å². The number of Topliss-reactive ketones (excluding diaryl/α,β-unsaturated/α-hetero) is 1. The summed E-state index contributed by atoms with van der Waals surface area (Å²) in [6.07, 6.45) is 4.89. The van der Waals surface area contributed by atoms with E-state index in [4.69, 9.17) is 0 Å². The third-order valence-electron chi connectivity index (χ3n) is 3.58. The number of rotatable bonds is 5. The summed E-state index contributed by atoms with van der Waals surface area (Å²) < 4.78 is 0. The molecule has 3 nitrogen and oxygen atoms in total. The summed E-state index contributed by atoms with van der Waals surface area (Å²) in [6.45, 7) is 7.27. The van der Waals surface area contributed by atoms with E-state index >= 15 is 0 Å². The molecule has 17 heavy (non-hydrogen) atoms. The molecule has 0 saturated heterocycles. The van der Waals surface area contributed by atoms with E-state index in [1.807, 2.05) is 0 Å². The highest BCUT2D eigenvalue weighted by Crippen LogP contribution is 2.23. The average Bonchev–Trinajstić information content (AvgIpc) is 2.27. The predicted molar refractivity (Wildman–Crippen MR) is 68.7 cm³/mol. The Labute approximate surface area is 104 Å². The summed E-state index contributed by atoms with van der Waals surface area (Å²) in [4.78, 5) is 23.0. The molecule has 3 heteroatoms. The first-order chi connectivity index (χ1) is 7.94. The number of nitrogens with one attached hydrogen (secondary N) is 1. The summed E-state index contributed by atoms with van der Waals surface area (Å²) in [5.74, 6) is 0.507. The van der Waals surface area contributed by atoms with Gasteiger partial charge in [0.1, 0.15) is 5.78 Å². The van der Waals surface area contributed by atoms with Gasteiger partial charge in [-0.1, -0.05) is 27.2 Å². The third kappa shape index (κ3) is 4.88. The Hall–Kier alpha value is -0.860. The molecule has 98 valence electrons. The number of carbonyl (C=O) groups is 2. The highest BCUT2D eigenvalue weighted by atomic mass is 16.2. The van der Waals surface area contributed by atoms with Crippen molar-refractivity contribution in [1.82, 2.24) is 5.32 Å². The van der Waals surface area contributed by atoms with Crippen LogP contribution < -0.4 is 5.32 Å². The second-order valence-electron chi connectivity index (χ2n) is 5.94. The van der Waals surface area contributed by atoms with Crippen LogP contribution in [-0.2, 0) is 9.59 Å². The van der Waals surface area contributed by atoms with E-state index in [0.717, 1.165) is 32.2 Å². The summed E-state index contributed by atoms with van der Waals surface area (Å²) in [7, 11) is 0. The molecule has 1 aliphatic carbocycles. The fourth-order valence-electron chi connectivity index (χ4n) is 2.44. The van der Waals surface area contributed by atoms with Crippen molar-refractivity contribution in [3.05, 3.63) is 0 Å². The zero-order valence-corrected chi connectivity index (χ0v) is 11.3. The van der Waals surface area contributed by atoms with Crippen molar-refractivity contribution >= 4 is 11.7 Å². The van der Waals surface area contributed by atoms with Crippen LogP contribution in [0.2, 0.25) is 0 Å². The van der Waals surface area contributed by atoms with Crippen molar-refractivity contribution in [3.8, 4) is 0 Å². The minimum Gasteiger partial charge on any atom is -0.355 e. The number of amides is 1. The lowest BCUT2D eigenvalue weighted by atomic mass is 9.86. The molecule has 1 saturated carbocycles. The molecule has 1 fully saturated rings. The first-order valence-electron chi connectivity index (χ1n) is 6.74. The SMILES string of the molecule is CCCC(C)(C)CNC(=O)C1CCC(=O)CC1. The minimum atomic E-state index is 0.0603. The monoisotopic (exact) mass is 239 g/mol. The molecule has 0 aromatic rings. The van der Waals surface area contributed by atoms with Crippen LogP contribution in [0.3, 0.4) is 0 Å². The smallest absolute Gasteiger partial charge is 0.223 e. The van der Waals surface area contributed by atoms with Crippen LogP contribution in [-0.4, -0.2) is 18.2 Å². The van der Waals surface area contributed by atoms with Gasteiger partial charge in [0.15, 0.2) is 0 Å². The molecule has 0 unspecified atom stereocenters. The molecular weight excluding hydrogens is 214 g/mol. The van der Waals surface area contributed by atoms with Crippen LogP contribution in [0.25, 0.3) is 0 Å². The minimum absolute atomic E-state index is 0.0603. The maximum atomic E-state index is 11.9. The highest BCUT2D eigenvalue weighted by molar-refractivity contribution is 5.84. The van der Waals surface area contributed by atoms with E-state index < -0.39 is 0 Å². The van der Waals surface area contributed by atoms with E-state index in [9.17, 15) is 9.59 Å². The van der Waals surface area contributed by atoms with Crippen LogP contribution in [0.4, 0.5) is 0 Å². The van der Waals surface area contributed by atoms with E-state index in [1.165, 1.54) is 0 Å². The lowest BCUT2D eigenvalue weighted by molar-refractivity contribution is -0.128. The van der Waals surface area contributed by atoms with Crippen molar-refractivity contribution in [1.29, 1.82) is 0 Å². The van der Waals surface area contributed by atoms with E-state index in [-0.39, 0.29) is 17.2 Å². The van der Waals surface area contributed by atoms with Gasteiger partial charge in [-0.3, -0.25) is 9.59 Å². The van der Waals surface area contributed by atoms with Crippen LogP contribution in [0.5, 0.6) is 0 Å².